The van der Waals surface area contributed by atoms with Crippen LogP contribution in [0.5, 0.6) is 0 Å². The van der Waals surface area contributed by atoms with Crippen molar-refractivity contribution in [2.24, 2.45) is 0 Å². The van der Waals surface area contributed by atoms with Gasteiger partial charge < -0.3 is 6.42 Å². The fourth-order valence-corrected chi connectivity index (χ4v) is 0.0625. The molecule has 0 radical (unpaired) electrons. The second-order valence-electron chi connectivity index (χ2n) is 0.500. The van der Waals surface area contributed by atoms with Crippen LogP contribution in [0.15, 0.2) is 0 Å². The van der Waals surface area contributed by atoms with Gasteiger partial charge in [-0.3, -0.25) is 11.8 Å². The summed E-state index contributed by atoms with van der Waals surface area (Å²) in [4.78, 5) is 0. The van der Waals surface area contributed by atoms with Gasteiger partial charge in [0, 0.05) is 16.5 Å². The van der Waals surface area contributed by atoms with Crippen LogP contribution in [0.4, 0.5) is 0 Å². The number of hydrogen-bond donors (Lipinski definition) is 0. The Morgan fingerprint density at radius 1 is 1.50 bits per heavy atom. The van der Waals surface area contributed by atoms with Crippen LogP contribution in [0.1, 0.15) is 6.92 Å². The summed E-state index contributed by atoms with van der Waals surface area (Å²) in [5, 5.41) is 0. The third kappa shape index (κ3) is 9.48. The Labute approximate surface area is 48.2 Å². The maximum absolute atomic E-state index is 6.18. The third-order valence-electron chi connectivity index (χ3n) is 0.188. The summed E-state index contributed by atoms with van der Waals surface area (Å²) in [5.74, 6) is 6.65. The van der Waals surface area contributed by atoms with Gasteiger partial charge >= 0.3 is 0 Å². The first kappa shape index (κ1) is 9.15. The molecule has 0 unspecified atom stereocenters. The Hall–Kier alpha value is -0.386. The average molecular weight is 122 g/mol. The molecule has 0 aromatic rings. The molecule has 34 valence electrons. The fourth-order valence-electron chi connectivity index (χ4n) is 0.0625. The van der Waals surface area contributed by atoms with Crippen LogP contribution in [-0.2, 0) is 16.5 Å². The van der Waals surface area contributed by atoms with Gasteiger partial charge in [-0.1, -0.05) is 0 Å². The normalized spacial score (nSPS) is 2.67. The molecule has 0 bridgehead atoms. The molecule has 0 saturated carbocycles. The summed E-state index contributed by atoms with van der Waals surface area (Å²) in [6.45, 7) is 1.67. The van der Waals surface area contributed by atoms with Crippen molar-refractivity contribution in [3.63, 3.8) is 0 Å². The van der Waals surface area contributed by atoms with Crippen molar-refractivity contribution in [1.29, 1.82) is 0 Å². The van der Waals surface area contributed by atoms with Gasteiger partial charge in [-0.2, -0.15) is 0 Å². The van der Waals surface area contributed by atoms with Gasteiger partial charge in [-0.05, 0) is 6.92 Å². The molecule has 1 heteroatoms. The molecule has 0 nitrogen and oxygen atoms in total. The van der Waals surface area contributed by atoms with E-state index in [-0.39, 0.29) is 16.5 Å². The van der Waals surface area contributed by atoms with Crippen molar-refractivity contribution in [2.75, 3.05) is 0 Å². The Bertz CT molecular complexity index is 97.3. The smallest absolute Gasteiger partial charge is 0 e. The first-order valence-corrected chi connectivity index (χ1v) is 1.25. The van der Waals surface area contributed by atoms with Gasteiger partial charge in [0.25, 0.3) is 0 Å². The molecule has 0 amide bonds. The minimum atomic E-state index is 0. The summed E-state index contributed by atoms with van der Waals surface area (Å²) in [6.07, 6.45) is 6.18. The zero-order chi connectivity index (χ0) is 4.12. The zero-order valence-electron chi connectivity index (χ0n) is 3.32. The topological polar surface area (TPSA) is 0 Å². The second kappa shape index (κ2) is 8.82. The van der Waals surface area contributed by atoms with E-state index in [0.717, 1.165) is 0 Å². The molecule has 0 spiro atoms. The van der Waals surface area contributed by atoms with Gasteiger partial charge in [0.1, 0.15) is 0 Å². The van der Waals surface area contributed by atoms with Crippen molar-refractivity contribution >= 4 is 0 Å². The molecule has 6 heavy (non-hydrogen) atoms. The maximum atomic E-state index is 6.18. The van der Waals surface area contributed by atoms with Crippen LogP contribution in [0.3, 0.4) is 0 Å². The van der Waals surface area contributed by atoms with Crippen LogP contribution < -0.4 is 0 Å². The summed E-state index contributed by atoms with van der Waals surface area (Å²) in [6, 6.07) is 0. The first-order chi connectivity index (χ1) is 2.41. The summed E-state index contributed by atoms with van der Waals surface area (Å²) in [7, 11) is 0. The molecule has 0 atom stereocenters. The fraction of sp³-hybridized carbons (Fsp3) is 0.200. The van der Waals surface area contributed by atoms with E-state index in [1.807, 2.05) is 5.92 Å². The number of rotatable bonds is 0. The van der Waals surface area contributed by atoms with E-state index in [4.69, 9.17) is 6.42 Å². The minimum absolute atomic E-state index is 0. The van der Waals surface area contributed by atoms with E-state index in [9.17, 15) is 0 Å². The molecule has 0 aliphatic carbocycles. The number of hydrogen-bond acceptors (Lipinski definition) is 0. The summed E-state index contributed by atoms with van der Waals surface area (Å²) in [5.41, 5.74) is 0. The molecule has 0 saturated heterocycles. The van der Waals surface area contributed by atoms with Crippen molar-refractivity contribution in [1.82, 2.24) is 0 Å². The van der Waals surface area contributed by atoms with Crippen molar-refractivity contribution in [3.05, 3.63) is 6.42 Å². The molecule has 0 rings (SSSR count). The van der Waals surface area contributed by atoms with Gasteiger partial charge in [0.05, 0.1) is 0 Å². The largest absolute Gasteiger partial charge is 0.358 e. The zero-order valence-corrected chi connectivity index (χ0v) is 4.30. The molecule has 0 aromatic heterocycles. The van der Waals surface area contributed by atoms with Crippen LogP contribution in [0, 0.1) is 24.2 Å². The Balaban J connectivity index is 0. The first-order valence-electron chi connectivity index (χ1n) is 1.25. The van der Waals surface area contributed by atoms with E-state index >= 15 is 0 Å². The molecular formula is C5H3Ni-. The van der Waals surface area contributed by atoms with Crippen molar-refractivity contribution in [2.45, 2.75) is 6.92 Å². The van der Waals surface area contributed by atoms with Gasteiger partial charge in [-0.15, -0.1) is 0 Å². The summed E-state index contributed by atoms with van der Waals surface area (Å²) >= 11 is 0. The van der Waals surface area contributed by atoms with Crippen LogP contribution in [0.25, 0.3) is 0 Å². The predicted octanol–water partition coefficient (Wildman–Crippen LogP) is 0.597. The van der Waals surface area contributed by atoms with E-state index in [2.05, 4.69) is 11.8 Å². The van der Waals surface area contributed by atoms with E-state index in [1.54, 1.807) is 6.92 Å². The molecule has 0 fully saturated rings. The van der Waals surface area contributed by atoms with Gasteiger partial charge in [-0.25, -0.2) is 5.92 Å². The second-order valence-corrected chi connectivity index (χ2v) is 0.500. The third-order valence-corrected chi connectivity index (χ3v) is 0.188. The van der Waals surface area contributed by atoms with Crippen molar-refractivity contribution in [3.8, 4) is 17.8 Å². The quantitative estimate of drug-likeness (QED) is 0.250. The SMILES string of the molecule is [C-]#CC#CC.[Ni]. The maximum Gasteiger partial charge on any atom is 0 e. The monoisotopic (exact) mass is 121 g/mol. The summed E-state index contributed by atoms with van der Waals surface area (Å²) < 4.78 is 0. The van der Waals surface area contributed by atoms with E-state index in [0.29, 0.717) is 0 Å². The average Bonchev–Trinajstić information content (AvgIpc) is 1.41. The molecule has 0 heterocycles. The predicted molar refractivity (Wildman–Crippen MR) is 20.6 cm³/mol. The molecule has 0 aromatic carbocycles. The Kier molecular flexibility index (Phi) is 13.5. The van der Waals surface area contributed by atoms with Crippen LogP contribution in [0.2, 0.25) is 0 Å². The minimum Gasteiger partial charge on any atom is -0.358 e. The molecular weight excluding hydrogens is 119 g/mol. The molecule has 0 aliphatic rings. The van der Waals surface area contributed by atoms with Crippen LogP contribution in [-0.4, -0.2) is 0 Å². The Morgan fingerprint density at radius 3 is 2.00 bits per heavy atom. The Morgan fingerprint density at radius 2 is 2.00 bits per heavy atom. The van der Waals surface area contributed by atoms with Gasteiger partial charge in [0.2, 0.25) is 0 Å². The molecule has 0 N–H and O–H groups in total. The van der Waals surface area contributed by atoms with Gasteiger partial charge in [0.15, 0.2) is 0 Å². The van der Waals surface area contributed by atoms with Crippen LogP contribution >= 0.6 is 0 Å². The van der Waals surface area contributed by atoms with Crippen molar-refractivity contribution < 1.29 is 16.5 Å². The standard InChI is InChI=1S/C5H3.Ni/c1-3-5-4-2;/h1H3;/q-1;. The van der Waals surface area contributed by atoms with E-state index < -0.39 is 0 Å². The van der Waals surface area contributed by atoms with E-state index in [1.165, 1.54) is 0 Å². The molecule has 0 aliphatic heterocycles.